The van der Waals surface area contributed by atoms with Crippen molar-refractivity contribution in [3.8, 4) is 0 Å². The molecule has 19 heavy (non-hydrogen) atoms. The van der Waals surface area contributed by atoms with E-state index >= 15 is 0 Å². The van der Waals surface area contributed by atoms with Crippen LogP contribution in [0.4, 0.5) is 0 Å². The second-order valence-corrected chi connectivity index (χ2v) is 6.07. The van der Waals surface area contributed by atoms with Gasteiger partial charge in [0.15, 0.2) is 0 Å². The molecule has 0 spiro atoms. The molecule has 0 aliphatic heterocycles. The Hall–Kier alpha value is -0.280. The molecule has 1 rings (SSSR count). The second kappa shape index (κ2) is 8.11. The highest BCUT2D eigenvalue weighted by molar-refractivity contribution is 6.42. The Kier molecular flexibility index (Phi) is 7.16. The minimum absolute atomic E-state index is 0.213. The summed E-state index contributed by atoms with van der Waals surface area (Å²) in [6, 6.07) is 5.89. The molecule has 4 heteroatoms. The highest BCUT2D eigenvalue weighted by atomic mass is 35.5. The Morgan fingerprint density at radius 3 is 2.58 bits per heavy atom. The smallest absolute Gasteiger partial charge is 0.0595 e. The molecule has 0 bridgehead atoms. The highest BCUT2D eigenvalue weighted by Crippen LogP contribution is 2.29. The number of nitrogens with one attached hydrogen (secondary N) is 1. The third-order valence-corrected chi connectivity index (χ3v) is 4.24. The van der Waals surface area contributed by atoms with Gasteiger partial charge in [0.1, 0.15) is 0 Å². The van der Waals surface area contributed by atoms with Crippen molar-refractivity contribution in [3.63, 3.8) is 0 Å². The highest BCUT2D eigenvalue weighted by Gasteiger charge is 2.22. The average Bonchev–Trinajstić information content (AvgIpc) is 2.39. The zero-order valence-electron chi connectivity index (χ0n) is 11.9. The van der Waals surface area contributed by atoms with Gasteiger partial charge in [0.25, 0.3) is 0 Å². The lowest BCUT2D eigenvalue weighted by molar-refractivity contribution is 0.191. The van der Waals surface area contributed by atoms with Crippen molar-refractivity contribution in [1.29, 1.82) is 0 Å². The molecule has 0 heterocycles. The Morgan fingerprint density at radius 1 is 1.26 bits per heavy atom. The van der Waals surface area contributed by atoms with Gasteiger partial charge in [0.05, 0.1) is 16.7 Å². The van der Waals surface area contributed by atoms with E-state index in [0.717, 1.165) is 32.5 Å². The fourth-order valence-electron chi connectivity index (χ4n) is 2.02. The largest absolute Gasteiger partial charge is 0.383 e. The zero-order chi connectivity index (χ0) is 14.3. The summed E-state index contributed by atoms with van der Waals surface area (Å²) < 4.78 is 5.04. The Morgan fingerprint density at radius 2 is 2.00 bits per heavy atom. The van der Waals surface area contributed by atoms with E-state index < -0.39 is 0 Å². The number of hydrogen-bond donors (Lipinski definition) is 1. The summed E-state index contributed by atoms with van der Waals surface area (Å²) in [6.07, 6.45) is 2.09. The van der Waals surface area contributed by atoms with Gasteiger partial charge in [0, 0.05) is 20.2 Å². The van der Waals surface area contributed by atoms with Crippen LogP contribution in [0.2, 0.25) is 10.0 Å². The fraction of sp³-hybridized carbons (Fsp3) is 0.600. The summed E-state index contributed by atoms with van der Waals surface area (Å²) in [7, 11) is 1.72. The summed E-state index contributed by atoms with van der Waals surface area (Å²) >= 11 is 12.0. The van der Waals surface area contributed by atoms with Gasteiger partial charge in [-0.05, 0) is 36.0 Å². The molecule has 1 aromatic rings. The predicted octanol–water partition coefficient (Wildman–Crippen LogP) is 4.19. The first-order chi connectivity index (χ1) is 9.00. The van der Waals surface area contributed by atoms with Crippen LogP contribution in [-0.2, 0) is 11.2 Å². The summed E-state index contributed by atoms with van der Waals surface area (Å²) in [5, 5.41) is 4.68. The van der Waals surface area contributed by atoms with E-state index in [4.69, 9.17) is 27.9 Å². The lowest BCUT2D eigenvalue weighted by atomic mass is 9.81. The molecule has 0 radical (unpaired) electrons. The lowest BCUT2D eigenvalue weighted by Gasteiger charge is -2.29. The maximum absolute atomic E-state index is 6.07. The normalized spacial score (nSPS) is 14.4. The quantitative estimate of drug-likeness (QED) is 0.727. The van der Waals surface area contributed by atoms with Gasteiger partial charge in [-0.25, -0.2) is 0 Å². The monoisotopic (exact) mass is 303 g/mol. The van der Waals surface area contributed by atoms with Crippen molar-refractivity contribution in [3.05, 3.63) is 33.8 Å². The second-order valence-electron chi connectivity index (χ2n) is 5.26. The molecule has 2 nitrogen and oxygen atoms in total. The molecule has 0 saturated carbocycles. The summed E-state index contributed by atoms with van der Waals surface area (Å²) in [6.45, 7) is 7.10. The average molecular weight is 304 g/mol. The van der Waals surface area contributed by atoms with E-state index in [2.05, 4.69) is 25.2 Å². The molecule has 1 unspecified atom stereocenters. The molecule has 108 valence electrons. The van der Waals surface area contributed by atoms with Crippen LogP contribution >= 0.6 is 23.2 Å². The van der Waals surface area contributed by atoms with E-state index in [9.17, 15) is 0 Å². The van der Waals surface area contributed by atoms with Crippen LogP contribution in [0.25, 0.3) is 0 Å². The molecule has 0 aliphatic rings. The van der Waals surface area contributed by atoms with Gasteiger partial charge in [-0.3, -0.25) is 0 Å². The van der Waals surface area contributed by atoms with Gasteiger partial charge in [0.2, 0.25) is 0 Å². The number of ether oxygens (including phenoxy) is 1. The maximum Gasteiger partial charge on any atom is 0.0595 e. The summed E-state index contributed by atoms with van der Waals surface area (Å²) in [5.41, 5.74) is 1.44. The topological polar surface area (TPSA) is 21.3 Å². The molecule has 0 fully saturated rings. The van der Waals surface area contributed by atoms with E-state index in [-0.39, 0.29) is 5.41 Å². The minimum atomic E-state index is 0.213. The number of benzene rings is 1. The Balaban J connectivity index is 2.60. The molecule has 0 saturated heterocycles. The van der Waals surface area contributed by atoms with Crippen LogP contribution < -0.4 is 5.32 Å². The maximum atomic E-state index is 6.07. The fourth-order valence-corrected chi connectivity index (χ4v) is 2.34. The van der Waals surface area contributed by atoms with Gasteiger partial charge in [-0.15, -0.1) is 0 Å². The predicted molar refractivity (Wildman–Crippen MR) is 83.3 cm³/mol. The van der Waals surface area contributed by atoms with Crippen LogP contribution in [0.5, 0.6) is 0 Å². The van der Waals surface area contributed by atoms with Crippen molar-refractivity contribution in [1.82, 2.24) is 5.32 Å². The number of halogens is 2. The lowest BCUT2D eigenvalue weighted by Crippen LogP contribution is -2.34. The van der Waals surface area contributed by atoms with E-state index in [1.165, 1.54) is 5.56 Å². The third kappa shape index (κ3) is 5.70. The van der Waals surface area contributed by atoms with Crippen LogP contribution in [0, 0.1) is 5.41 Å². The van der Waals surface area contributed by atoms with Gasteiger partial charge < -0.3 is 10.1 Å². The standard InChI is InChI=1S/C15H23Cl2NO/c1-4-15(2,11-18-7-8-19-3)10-12-5-6-13(16)14(17)9-12/h5-6,9,18H,4,7-8,10-11H2,1-3H3. The molecular formula is C15H23Cl2NO. The Bertz CT molecular complexity index is 398. The van der Waals surface area contributed by atoms with Crippen LogP contribution in [0.1, 0.15) is 25.8 Å². The van der Waals surface area contributed by atoms with E-state index in [1.807, 2.05) is 12.1 Å². The third-order valence-electron chi connectivity index (χ3n) is 3.50. The first-order valence-corrected chi connectivity index (χ1v) is 7.40. The number of rotatable bonds is 8. The number of hydrogen-bond acceptors (Lipinski definition) is 2. The SMILES string of the molecule is CCC(C)(CNCCOC)Cc1ccc(Cl)c(Cl)c1. The van der Waals surface area contributed by atoms with Crippen molar-refractivity contribution in [2.24, 2.45) is 5.41 Å². The Labute approximate surface area is 126 Å². The molecule has 1 aromatic carbocycles. The van der Waals surface area contributed by atoms with E-state index in [1.54, 1.807) is 7.11 Å². The zero-order valence-corrected chi connectivity index (χ0v) is 13.4. The van der Waals surface area contributed by atoms with Crippen molar-refractivity contribution in [2.75, 3.05) is 26.8 Å². The molecule has 0 amide bonds. The van der Waals surface area contributed by atoms with Gasteiger partial charge >= 0.3 is 0 Å². The van der Waals surface area contributed by atoms with Crippen molar-refractivity contribution < 1.29 is 4.74 Å². The van der Waals surface area contributed by atoms with Crippen molar-refractivity contribution >= 4 is 23.2 Å². The molecule has 1 N–H and O–H groups in total. The molecule has 0 aromatic heterocycles. The van der Waals surface area contributed by atoms with Gasteiger partial charge in [-0.1, -0.05) is 43.1 Å². The van der Waals surface area contributed by atoms with Gasteiger partial charge in [-0.2, -0.15) is 0 Å². The first kappa shape index (κ1) is 16.8. The molecular weight excluding hydrogens is 281 g/mol. The van der Waals surface area contributed by atoms with Crippen LogP contribution in [0.15, 0.2) is 18.2 Å². The number of methoxy groups -OCH3 is 1. The van der Waals surface area contributed by atoms with Crippen LogP contribution in [0.3, 0.4) is 0 Å². The van der Waals surface area contributed by atoms with Crippen LogP contribution in [-0.4, -0.2) is 26.8 Å². The molecule has 0 aliphatic carbocycles. The van der Waals surface area contributed by atoms with E-state index in [0.29, 0.717) is 10.0 Å². The summed E-state index contributed by atoms with van der Waals surface area (Å²) in [4.78, 5) is 0. The summed E-state index contributed by atoms with van der Waals surface area (Å²) in [5.74, 6) is 0. The van der Waals surface area contributed by atoms with Crippen molar-refractivity contribution in [2.45, 2.75) is 26.7 Å². The molecule has 1 atom stereocenters. The minimum Gasteiger partial charge on any atom is -0.383 e. The first-order valence-electron chi connectivity index (χ1n) is 6.64.